The van der Waals surface area contributed by atoms with Crippen molar-refractivity contribution < 1.29 is 9.53 Å². The second kappa shape index (κ2) is 9.67. The van der Waals surface area contributed by atoms with Crippen LogP contribution in [0, 0.1) is 6.92 Å². The van der Waals surface area contributed by atoms with Gasteiger partial charge in [-0.05, 0) is 50.1 Å². The van der Waals surface area contributed by atoms with Crippen molar-refractivity contribution in [1.29, 1.82) is 0 Å². The monoisotopic (exact) mass is 432 g/mol. The molecule has 1 saturated heterocycles. The lowest BCUT2D eigenvalue weighted by atomic mass is 10.0. The Morgan fingerprint density at radius 3 is 2.34 bits per heavy atom. The second-order valence-electron chi connectivity index (χ2n) is 8.73. The zero-order valence-electron chi connectivity index (χ0n) is 19.4. The highest BCUT2D eigenvalue weighted by atomic mass is 16.5. The van der Waals surface area contributed by atoms with E-state index in [1.54, 1.807) is 0 Å². The van der Waals surface area contributed by atoms with Crippen LogP contribution in [0.5, 0.6) is 0 Å². The van der Waals surface area contributed by atoms with Gasteiger partial charge in [0.25, 0.3) is 0 Å². The molecule has 1 aromatic heterocycles. The summed E-state index contributed by atoms with van der Waals surface area (Å²) in [4.78, 5) is 21.2. The van der Waals surface area contributed by atoms with Gasteiger partial charge in [-0.3, -0.25) is 9.80 Å². The highest BCUT2D eigenvalue weighted by Crippen LogP contribution is 2.23. The largest absolute Gasteiger partial charge is 0.465 e. The molecule has 6 nitrogen and oxygen atoms in total. The van der Waals surface area contributed by atoms with E-state index in [9.17, 15) is 4.79 Å². The number of ether oxygens (including phenoxy) is 1. The average molecular weight is 433 g/mol. The van der Waals surface area contributed by atoms with E-state index < -0.39 is 0 Å². The number of hydrogen-bond acceptors (Lipinski definition) is 5. The summed E-state index contributed by atoms with van der Waals surface area (Å²) in [5, 5.41) is 0. The smallest absolute Gasteiger partial charge is 0.337 e. The molecule has 0 radical (unpaired) electrons. The maximum Gasteiger partial charge on any atom is 0.337 e. The number of para-hydroxylation sites is 1. The maximum atomic E-state index is 11.7. The minimum atomic E-state index is -0.293. The van der Waals surface area contributed by atoms with Crippen molar-refractivity contribution in [3.8, 4) is 5.69 Å². The molecule has 168 valence electrons. The Morgan fingerprint density at radius 1 is 1.03 bits per heavy atom. The summed E-state index contributed by atoms with van der Waals surface area (Å²) < 4.78 is 6.96. The van der Waals surface area contributed by atoms with Gasteiger partial charge in [-0.25, -0.2) is 9.78 Å². The van der Waals surface area contributed by atoms with Gasteiger partial charge >= 0.3 is 5.97 Å². The van der Waals surface area contributed by atoms with Gasteiger partial charge in [0.2, 0.25) is 0 Å². The molecule has 0 amide bonds. The van der Waals surface area contributed by atoms with Gasteiger partial charge in [0.1, 0.15) is 5.82 Å². The number of carbonyl (C=O) groups excluding carboxylic acids is 1. The van der Waals surface area contributed by atoms with Crippen LogP contribution in [0.3, 0.4) is 0 Å². The van der Waals surface area contributed by atoms with E-state index in [-0.39, 0.29) is 5.97 Å². The molecule has 0 N–H and O–H groups in total. The van der Waals surface area contributed by atoms with Crippen LogP contribution < -0.4 is 0 Å². The molecular weight excluding hydrogens is 400 g/mol. The number of methoxy groups -OCH3 is 1. The molecule has 6 heteroatoms. The number of aromatic nitrogens is 2. The molecule has 0 bridgehead atoms. The molecular formula is C26H32N4O2. The molecule has 4 rings (SSSR count). The molecule has 0 saturated carbocycles. The van der Waals surface area contributed by atoms with E-state index in [1.807, 2.05) is 43.6 Å². The molecule has 0 unspecified atom stereocenters. The number of benzene rings is 2. The number of aryl methyl sites for hydroxylation is 1. The Bertz CT molecular complexity index is 1050. The van der Waals surface area contributed by atoms with Gasteiger partial charge in [-0.15, -0.1) is 0 Å². The van der Waals surface area contributed by atoms with Crippen molar-refractivity contribution in [1.82, 2.24) is 19.4 Å². The van der Waals surface area contributed by atoms with E-state index in [1.165, 1.54) is 23.9 Å². The minimum Gasteiger partial charge on any atom is -0.465 e. The molecule has 2 heterocycles. The Morgan fingerprint density at radius 2 is 1.72 bits per heavy atom. The molecule has 1 fully saturated rings. The third-order valence-electron chi connectivity index (χ3n) is 6.39. The summed E-state index contributed by atoms with van der Waals surface area (Å²) in [6.07, 6.45) is 3.88. The van der Waals surface area contributed by atoms with Crippen LogP contribution in [0.25, 0.3) is 5.69 Å². The number of rotatable bonds is 6. The summed E-state index contributed by atoms with van der Waals surface area (Å²) in [5.41, 5.74) is 4.33. The van der Waals surface area contributed by atoms with Crippen molar-refractivity contribution in [2.24, 2.45) is 0 Å². The number of carbonyl (C=O) groups is 1. The van der Waals surface area contributed by atoms with Gasteiger partial charge in [-0.2, -0.15) is 0 Å². The lowest BCUT2D eigenvalue weighted by Crippen LogP contribution is -2.55. The molecule has 1 aliphatic heterocycles. The van der Waals surface area contributed by atoms with Crippen molar-refractivity contribution in [2.45, 2.75) is 45.9 Å². The summed E-state index contributed by atoms with van der Waals surface area (Å²) in [6.45, 7) is 10.5. The first-order valence-electron chi connectivity index (χ1n) is 11.2. The average Bonchev–Trinajstić information content (AvgIpc) is 3.22. The second-order valence-corrected chi connectivity index (χ2v) is 8.73. The van der Waals surface area contributed by atoms with Crippen LogP contribution in [-0.2, 0) is 17.8 Å². The van der Waals surface area contributed by atoms with Crippen molar-refractivity contribution in [2.75, 3.05) is 20.2 Å². The number of hydrogen-bond donors (Lipinski definition) is 0. The van der Waals surface area contributed by atoms with Crippen LogP contribution in [0.2, 0.25) is 0 Å². The first-order chi connectivity index (χ1) is 15.5. The molecule has 3 aromatic rings. The predicted octanol–water partition coefficient (Wildman–Crippen LogP) is 4.06. The number of esters is 1. The normalized spacial score (nSPS) is 19.8. The molecule has 2 aromatic carbocycles. The molecule has 1 aliphatic rings. The van der Waals surface area contributed by atoms with Gasteiger partial charge < -0.3 is 9.30 Å². The Kier molecular flexibility index (Phi) is 6.72. The summed E-state index contributed by atoms with van der Waals surface area (Å²) in [6, 6.07) is 17.2. The van der Waals surface area contributed by atoms with Crippen molar-refractivity contribution in [3.63, 3.8) is 0 Å². The SMILES string of the molecule is COC(=O)c1ccc(CN2[C@H](C)CN(Cc3ccccc3-n3ccnc3C)C[C@@H]2C)cc1. The fraction of sp³-hybridized carbons (Fsp3) is 0.385. The Balaban J connectivity index is 1.43. The van der Waals surface area contributed by atoms with Crippen LogP contribution in [-0.4, -0.2) is 57.6 Å². The van der Waals surface area contributed by atoms with Crippen LogP contribution in [0.1, 0.15) is 41.2 Å². The van der Waals surface area contributed by atoms with Crippen LogP contribution in [0.15, 0.2) is 60.9 Å². The zero-order chi connectivity index (χ0) is 22.7. The van der Waals surface area contributed by atoms with Gasteiger partial charge in [0, 0.05) is 50.7 Å². The lowest BCUT2D eigenvalue weighted by Gasteiger charge is -2.44. The Hall–Kier alpha value is -2.96. The first-order valence-corrected chi connectivity index (χ1v) is 11.2. The third kappa shape index (κ3) is 4.76. The third-order valence-corrected chi connectivity index (χ3v) is 6.39. The zero-order valence-corrected chi connectivity index (χ0v) is 19.4. The summed E-state index contributed by atoms with van der Waals surface area (Å²) >= 11 is 0. The van der Waals surface area contributed by atoms with Gasteiger partial charge in [0.05, 0.1) is 18.4 Å². The minimum absolute atomic E-state index is 0.293. The van der Waals surface area contributed by atoms with E-state index in [0.29, 0.717) is 17.6 Å². The topological polar surface area (TPSA) is 50.6 Å². The molecule has 0 aliphatic carbocycles. The van der Waals surface area contributed by atoms with Crippen LogP contribution in [0.4, 0.5) is 0 Å². The van der Waals surface area contributed by atoms with E-state index in [0.717, 1.165) is 32.0 Å². The first kappa shape index (κ1) is 22.2. The number of nitrogens with zero attached hydrogens (tertiary/aromatic N) is 4. The lowest BCUT2D eigenvalue weighted by molar-refractivity contribution is 0.0290. The predicted molar refractivity (Wildman–Crippen MR) is 126 cm³/mol. The van der Waals surface area contributed by atoms with Gasteiger partial charge in [0.15, 0.2) is 0 Å². The molecule has 32 heavy (non-hydrogen) atoms. The molecule has 2 atom stereocenters. The van der Waals surface area contributed by atoms with E-state index in [4.69, 9.17) is 4.74 Å². The van der Waals surface area contributed by atoms with Crippen molar-refractivity contribution in [3.05, 3.63) is 83.4 Å². The van der Waals surface area contributed by atoms with Gasteiger partial charge in [-0.1, -0.05) is 30.3 Å². The fourth-order valence-corrected chi connectivity index (χ4v) is 4.73. The molecule has 0 spiro atoms. The van der Waals surface area contributed by atoms with Crippen LogP contribution >= 0.6 is 0 Å². The van der Waals surface area contributed by atoms with E-state index in [2.05, 4.69) is 57.5 Å². The maximum absolute atomic E-state index is 11.7. The number of imidazole rings is 1. The van der Waals surface area contributed by atoms with Crippen molar-refractivity contribution >= 4 is 5.97 Å². The highest BCUT2D eigenvalue weighted by molar-refractivity contribution is 5.89. The standard InChI is InChI=1S/C26H32N4O2/c1-19-15-28(18-24-7-5-6-8-25(24)29-14-13-27-21(29)3)16-20(2)30(19)17-22-9-11-23(12-10-22)26(31)32-4/h5-14,19-20H,15-18H2,1-4H3/t19-,20+. The summed E-state index contributed by atoms with van der Waals surface area (Å²) in [7, 11) is 1.41. The Labute approximate surface area is 190 Å². The quantitative estimate of drug-likeness (QED) is 0.550. The summed E-state index contributed by atoms with van der Waals surface area (Å²) in [5.74, 6) is 0.709. The fourth-order valence-electron chi connectivity index (χ4n) is 4.73. The highest BCUT2D eigenvalue weighted by Gasteiger charge is 2.29. The number of piperazine rings is 1. The van der Waals surface area contributed by atoms with E-state index >= 15 is 0 Å².